The number of thioether (sulfide) groups is 1. The third kappa shape index (κ3) is 2.14. The summed E-state index contributed by atoms with van der Waals surface area (Å²) in [6.45, 7) is 2.19. The van der Waals surface area contributed by atoms with Gasteiger partial charge in [0.05, 0.1) is 4.90 Å². The van der Waals surface area contributed by atoms with Crippen LogP contribution in [0, 0.1) is 0 Å². The van der Waals surface area contributed by atoms with Crippen LogP contribution >= 0.6 is 23.3 Å². The summed E-state index contributed by atoms with van der Waals surface area (Å²) in [6.07, 6.45) is 3.28. The summed E-state index contributed by atoms with van der Waals surface area (Å²) in [5.41, 5.74) is 5.86. The zero-order valence-corrected chi connectivity index (χ0v) is 11.6. The fourth-order valence-corrected chi connectivity index (χ4v) is 3.75. The first-order chi connectivity index (χ1) is 7.63. The van der Waals surface area contributed by atoms with E-state index in [1.54, 1.807) is 11.8 Å². The number of nitrogens with zero attached hydrogens (tertiary/aromatic N) is 3. The average Bonchev–Trinajstić information content (AvgIpc) is 2.83. The lowest BCUT2D eigenvalue weighted by Gasteiger charge is -2.20. The van der Waals surface area contributed by atoms with Gasteiger partial charge in [0, 0.05) is 19.1 Å². The molecule has 0 amide bonds. The number of hydrogen-bond donors (Lipinski definition) is 1. The van der Waals surface area contributed by atoms with Crippen LogP contribution < -0.4 is 10.6 Å². The summed E-state index contributed by atoms with van der Waals surface area (Å²) in [6, 6.07) is 0.651. The average molecular weight is 258 g/mol. The molecule has 0 radical (unpaired) electrons. The van der Waals surface area contributed by atoms with Crippen molar-refractivity contribution in [3.05, 3.63) is 0 Å². The van der Waals surface area contributed by atoms with Crippen molar-refractivity contribution in [3.63, 3.8) is 0 Å². The van der Waals surface area contributed by atoms with Gasteiger partial charge in [-0.1, -0.05) is 0 Å². The molecule has 90 valence electrons. The number of aromatic nitrogens is 1. The van der Waals surface area contributed by atoms with Crippen LogP contribution in [0.1, 0.15) is 6.42 Å². The number of nitrogens with two attached hydrogens (primary N) is 1. The Labute approximate surface area is 105 Å². The number of likely N-dealkylation sites (N-methyl/N-ethyl adjacent to an activating group) is 1. The first kappa shape index (κ1) is 12.0. The maximum Gasteiger partial charge on any atom is 0.153 e. The zero-order chi connectivity index (χ0) is 11.7. The highest BCUT2D eigenvalue weighted by Crippen LogP contribution is 2.39. The predicted octanol–water partition coefficient (Wildman–Crippen LogP) is 1.59. The van der Waals surface area contributed by atoms with Gasteiger partial charge >= 0.3 is 0 Å². The Kier molecular flexibility index (Phi) is 3.61. The third-order valence-electron chi connectivity index (χ3n) is 3.04. The van der Waals surface area contributed by atoms with Crippen LogP contribution in [-0.2, 0) is 0 Å². The van der Waals surface area contributed by atoms with E-state index >= 15 is 0 Å². The van der Waals surface area contributed by atoms with Crippen molar-refractivity contribution in [2.45, 2.75) is 17.4 Å². The van der Waals surface area contributed by atoms with Gasteiger partial charge in [-0.2, -0.15) is 4.37 Å². The molecule has 0 bridgehead atoms. The lowest BCUT2D eigenvalue weighted by molar-refractivity contribution is 0.315. The van der Waals surface area contributed by atoms with Gasteiger partial charge in [0.1, 0.15) is 5.00 Å². The van der Waals surface area contributed by atoms with Gasteiger partial charge in [-0.25, -0.2) is 0 Å². The Morgan fingerprint density at radius 1 is 1.56 bits per heavy atom. The quantitative estimate of drug-likeness (QED) is 0.834. The van der Waals surface area contributed by atoms with Crippen LogP contribution in [-0.4, -0.2) is 48.8 Å². The van der Waals surface area contributed by atoms with Crippen molar-refractivity contribution in [1.82, 2.24) is 9.27 Å². The van der Waals surface area contributed by atoms with Gasteiger partial charge in [0.15, 0.2) is 5.82 Å². The molecule has 1 unspecified atom stereocenters. The molecule has 0 aromatic carbocycles. The zero-order valence-electron chi connectivity index (χ0n) is 9.93. The lowest BCUT2D eigenvalue weighted by Crippen LogP contribution is -2.31. The first-order valence-electron chi connectivity index (χ1n) is 5.34. The molecule has 16 heavy (non-hydrogen) atoms. The molecule has 4 nitrogen and oxygen atoms in total. The third-order valence-corrected chi connectivity index (χ3v) is 4.91. The van der Waals surface area contributed by atoms with Crippen molar-refractivity contribution in [2.75, 3.05) is 44.1 Å². The van der Waals surface area contributed by atoms with Crippen LogP contribution in [0.2, 0.25) is 0 Å². The minimum absolute atomic E-state index is 0.651. The topological polar surface area (TPSA) is 45.4 Å². The lowest BCUT2D eigenvalue weighted by atomic mass is 10.2. The summed E-state index contributed by atoms with van der Waals surface area (Å²) < 4.78 is 4.25. The molecule has 1 atom stereocenters. The molecule has 2 N–H and O–H groups in total. The highest BCUT2D eigenvalue weighted by atomic mass is 32.2. The second kappa shape index (κ2) is 4.81. The number of anilines is 2. The molecule has 1 fully saturated rings. The number of rotatable bonds is 3. The summed E-state index contributed by atoms with van der Waals surface area (Å²) in [4.78, 5) is 5.85. The SMILES string of the molecule is CSc1c(N)nsc1N1CCC(N(C)C)C1. The van der Waals surface area contributed by atoms with Crippen LogP contribution in [0.15, 0.2) is 4.90 Å². The summed E-state index contributed by atoms with van der Waals surface area (Å²) in [5, 5.41) is 1.24. The van der Waals surface area contributed by atoms with Gasteiger partial charge in [0.2, 0.25) is 0 Å². The van der Waals surface area contributed by atoms with Gasteiger partial charge in [0.25, 0.3) is 0 Å². The molecule has 1 saturated heterocycles. The monoisotopic (exact) mass is 258 g/mol. The van der Waals surface area contributed by atoms with E-state index in [9.17, 15) is 0 Å². The van der Waals surface area contributed by atoms with Crippen LogP contribution in [0.4, 0.5) is 10.8 Å². The molecule has 1 aliphatic heterocycles. The maximum absolute atomic E-state index is 5.86. The molecule has 2 heterocycles. The molecule has 1 aliphatic rings. The second-order valence-corrected chi connectivity index (χ2v) is 5.83. The fourth-order valence-electron chi connectivity index (χ4n) is 2.03. The van der Waals surface area contributed by atoms with E-state index in [1.165, 1.54) is 23.0 Å². The molecule has 2 rings (SSSR count). The maximum atomic E-state index is 5.86. The van der Waals surface area contributed by atoms with E-state index in [0.717, 1.165) is 18.0 Å². The second-order valence-electron chi connectivity index (χ2n) is 4.26. The standard InChI is InChI=1S/C10H18N4S2/c1-13(2)7-4-5-14(6-7)10-8(15-3)9(11)12-16-10/h7H,4-6H2,1-3H3,(H2,11,12). The fraction of sp³-hybridized carbons (Fsp3) is 0.700. The Morgan fingerprint density at radius 2 is 2.31 bits per heavy atom. The van der Waals surface area contributed by atoms with Gasteiger partial charge in [-0.3, -0.25) is 0 Å². The molecule has 0 saturated carbocycles. The van der Waals surface area contributed by atoms with Crippen molar-refractivity contribution in [3.8, 4) is 0 Å². The molecular formula is C10H18N4S2. The van der Waals surface area contributed by atoms with Crippen molar-refractivity contribution < 1.29 is 0 Å². The van der Waals surface area contributed by atoms with Crippen LogP contribution in [0.25, 0.3) is 0 Å². The minimum atomic E-state index is 0.651. The Morgan fingerprint density at radius 3 is 2.88 bits per heavy atom. The predicted molar refractivity (Wildman–Crippen MR) is 72.6 cm³/mol. The van der Waals surface area contributed by atoms with Crippen LogP contribution in [0.5, 0.6) is 0 Å². The van der Waals surface area contributed by atoms with Gasteiger partial charge in [-0.05, 0) is 38.3 Å². The van der Waals surface area contributed by atoms with E-state index in [0.29, 0.717) is 11.9 Å². The summed E-state index contributed by atoms with van der Waals surface area (Å²) in [5.74, 6) is 0.681. The highest BCUT2D eigenvalue weighted by molar-refractivity contribution is 7.99. The van der Waals surface area contributed by atoms with E-state index in [4.69, 9.17) is 5.73 Å². The molecule has 1 aromatic heterocycles. The van der Waals surface area contributed by atoms with Crippen molar-refractivity contribution in [1.29, 1.82) is 0 Å². The van der Waals surface area contributed by atoms with E-state index in [1.807, 2.05) is 0 Å². The molecule has 0 aliphatic carbocycles. The number of hydrogen-bond acceptors (Lipinski definition) is 6. The largest absolute Gasteiger partial charge is 0.382 e. The van der Waals surface area contributed by atoms with Gasteiger partial charge < -0.3 is 15.5 Å². The molecular weight excluding hydrogens is 240 g/mol. The highest BCUT2D eigenvalue weighted by Gasteiger charge is 2.27. The summed E-state index contributed by atoms with van der Waals surface area (Å²) in [7, 11) is 4.29. The van der Waals surface area contributed by atoms with Gasteiger partial charge in [-0.15, -0.1) is 11.8 Å². The van der Waals surface area contributed by atoms with E-state index in [2.05, 4.69) is 34.5 Å². The Bertz CT molecular complexity index is 364. The van der Waals surface area contributed by atoms with Crippen LogP contribution in [0.3, 0.4) is 0 Å². The normalized spacial score (nSPS) is 21.0. The Hall–Kier alpha value is -0.460. The Balaban J connectivity index is 2.14. The van der Waals surface area contributed by atoms with E-state index in [-0.39, 0.29) is 0 Å². The summed E-state index contributed by atoms with van der Waals surface area (Å²) >= 11 is 3.22. The smallest absolute Gasteiger partial charge is 0.153 e. The molecule has 6 heteroatoms. The first-order valence-corrected chi connectivity index (χ1v) is 7.33. The minimum Gasteiger partial charge on any atom is -0.382 e. The van der Waals surface area contributed by atoms with E-state index < -0.39 is 0 Å². The molecule has 0 spiro atoms. The van der Waals surface area contributed by atoms with Crippen molar-refractivity contribution in [2.24, 2.45) is 0 Å². The number of nitrogen functional groups attached to an aromatic ring is 1. The van der Waals surface area contributed by atoms with Crippen molar-refractivity contribution >= 4 is 34.1 Å². The molecule has 1 aromatic rings.